The summed E-state index contributed by atoms with van der Waals surface area (Å²) in [5.41, 5.74) is 5.05. The van der Waals surface area contributed by atoms with Gasteiger partial charge in [-0.15, -0.1) is 0 Å². The Labute approximate surface area is 119 Å². The van der Waals surface area contributed by atoms with E-state index in [0.29, 0.717) is 25.7 Å². The van der Waals surface area contributed by atoms with Crippen LogP contribution in [0, 0.1) is 16.0 Å². The highest BCUT2D eigenvalue weighted by Crippen LogP contribution is 2.29. The van der Waals surface area contributed by atoms with Crippen LogP contribution in [0.15, 0.2) is 6.20 Å². The average molecular weight is 300 g/mol. The van der Waals surface area contributed by atoms with Crippen LogP contribution in [0.1, 0.15) is 25.7 Å². The van der Waals surface area contributed by atoms with E-state index < -0.39 is 4.92 Å². The summed E-state index contributed by atoms with van der Waals surface area (Å²) in [4.78, 5) is 28.9. The second-order valence-electron chi connectivity index (χ2n) is 4.73. The molecule has 0 radical (unpaired) electrons. The van der Waals surface area contributed by atoms with Crippen molar-refractivity contribution in [1.82, 2.24) is 9.97 Å². The maximum atomic E-state index is 11.1. The quantitative estimate of drug-likeness (QED) is 0.493. The molecule has 0 aromatic carbocycles. The zero-order chi connectivity index (χ0) is 14.7. The molecule has 8 nitrogen and oxygen atoms in total. The van der Waals surface area contributed by atoms with Crippen LogP contribution < -0.4 is 11.1 Å². The zero-order valence-corrected chi connectivity index (χ0v) is 11.3. The third-order valence-electron chi connectivity index (χ3n) is 3.41. The fourth-order valence-electron chi connectivity index (χ4n) is 2.31. The molecule has 0 unspecified atom stereocenters. The molecule has 1 aliphatic carbocycles. The van der Waals surface area contributed by atoms with Crippen LogP contribution in [0.5, 0.6) is 0 Å². The number of carbonyl (C=O) groups excluding carboxylic acids is 1. The Hall–Kier alpha value is -1.96. The van der Waals surface area contributed by atoms with Crippen molar-refractivity contribution in [2.45, 2.75) is 31.7 Å². The first-order valence-corrected chi connectivity index (χ1v) is 6.58. The smallest absolute Gasteiger partial charge is 0.329 e. The molecule has 1 aliphatic rings. The molecule has 1 amide bonds. The van der Waals surface area contributed by atoms with E-state index in [1.807, 2.05) is 0 Å². The highest BCUT2D eigenvalue weighted by atomic mass is 35.5. The summed E-state index contributed by atoms with van der Waals surface area (Å²) in [6.45, 7) is 0. The van der Waals surface area contributed by atoms with E-state index in [2.05, 4.69) is 15.3 Å². The Morgan fingerprint density at radius 3 is 2.65 bits per heavy atom. The maximum absolute atomic E-state index is 11.1. The van der Waals surface area contributed by atoms with Gasteiger partial charge < -0.3 is 11.1 Å². The number of halogens is 1. The Bertz CT molecular complexity index is 531. The Morgan fingerprint density at radius 1 is 1.45 bits per heavy atom. The molecule has 20 heavy (non-hydrogen) atoms. The molecule has 9 heteroatoms. The largest absolute Gasteiger partial charge is 0.369 e. The van der Waals surface area contributed by atoms with Crippen molar-refractivity contribution in [1.29, 1.82) is 0 Å². The Balaban J connectivity index is 2.06. The van der Waals surface area contributed by atoms with E-state index in [1.165, 1.54) is 0 Å². The van der Waals surface area contributed by atoms with Crippen LogP contribution in [0.3, 0.4) is 0 Å². The number of carbonyl (C=O) groups is 1. The Morgan fingerprint density at radius 2 is 2.10 bits per heavy atom. The summed E-state index contributed by atoms with van der Waals surface area (Å²) in [5, 5.41) is 13.8. The molecule has 0 saturated heterocycles. The van der Waals surface area contributed by atoms with Gasteiger partial charge >= 0.3 is 5.69 Å². The van der Waals surface area contributed by atoms with Crippen molar-refractivity contribution >= 4 is 29.0 Å². The number of nitrogens with one attached hydrogen (secondary N) is 1. The molecule has 0 aliphatic heterocycles. The number of rotatable bonds is 4. The van der Waals surface area contributed by atoms with Gasteiger partial charge in [0.1, 0.15) is 6.20 Å². The van der Waals surface area contributed by atoms with E-state index in [0.717, 1.165) is 6.20 Å². The SMILES string of the molecule is NC(=O)[C@H]1CC[C@@H](Nc2nc(Cl)ncc2[N+](=O)[O-])CC1. The van der Waals surface area contributed by atoms with Gasteiger partial charge in [0, 0.05) is 12.0 Å². The van der Waals surface area contributed by atoms with Crippen molar-refractivity contribution in [2.24, 2.45) is 11.7 Å². The lowest BCUT2D eigenvalue weighted by Crippen LogP contribution is -2.32. The predicted octanol–water partition coefficient (Wildman–Crippen LogP) is 1.49. The summed E-state index contributed by atoms with van der Waals surface area (Å²) in [5.74, 6) is -0.297. The first-order valence-electron chi connectivity index (χ1n) is 6.20. The molecule has 1 saturated carbocycles. The second kappa shape index (κ2) is 6.00. The molecule has 2 rings (SSSR count). The minimum Gasteiger partial charge on any atom is -0.369 e. The Kier molecular flexibility index (Phi) is 4.33. The first-order chi connectivity index (χ1) is 9.47. The lowest BCUT2D eigenvalue weighted by Gasteiger charge is -2.27. The molecule has 0 atom stereocenters. The molecular weight excluding hydrogens is 286 g/mol. The number of nitrogens with zero attached hydrogens (tertiary/aromatic N) is 3. The number of hydrogen-bond donors (Lipinski definition) is 2. The fourth-order valence-corrected chi connectivity index (χ4v) is 2.44. The van der Waals surface area contributed by atoms with Crippen molar-refractivity contribution in [3.05, 3.63) is 21.6 Å². The summed E-state index contributed by atoms with van der Waals surface area (Å²) >= 11 is 5.66. The molecule has 0 spiro atoms. The standard InChI is InChI=1S/C11H14ClN5O3/c12-11-14-5-8(17(19)20)10(16-11)15-7-3-1-6(2-4-7)9(13)18/h5-7H,1-4H2,(H2,13,18)(H,14,15,16)/t6-,7+. The number of amides is 1. The van der Waals surface area contributed by atoms with Gasteiger partial charge in [-0.2, -0.15) is 4.98 Å². The van der Waals surface area contributed by atoms with Gasteiger partial charge in [0.2, 0.25) is 17.0 Å². The van der Waals surface area contributed by atoms with Gasteiger partial charge in [-0.1, -0.05) is 0 Å². The lowest BCUT2D eigenvalue weighted by molar-refractivity contribution is -0.384. The maximum Gasteiger partial charge on any atom is 0.329 e. The van der Waals surface area contributed by atoms with Gasteiger partial charge in [-0.25, -0.2) is 4.98 Å². The third kappa shape index (κ3) is 3.32. The summed E-state index contributed by atoms with van der Waals surface area (Å²) in [6.07, 6.45) is 3.81. The van der Waals surface area contributed by atoms with Gasteiger partial charge in [0.15, 0.2) is 0 Å². The van der Waals surface area contributed by atoms with E-state index >= 15 is 0 Å². The zero-order valence-electron chi connectivity index (χ0n) is 10.6. The number of anilines is 1. The van der Waals surface area contributed by atoms with Crippen LogP contribution >= 0.6 is 11.6 Å². The van der Waals surface area contributed by atoms with E-state index in [1.54, 1.807) is 0 Å². The molecular formula is C11H14ClN5O3. The van der Waals surface area contributed by atoms with Crippen molar-refractivity contribution < 1.29 is 9.72 Å². The van der Waals surface area contributed by atoms with Crippen molar-refractivity contribution in [3.8, 4) is 0 Å². The minimum absolute atomic E-state index is 0.00951. The van der Waals surface area contributed by atoms with E-state index in [-0.39, 0.29) is 34.7 Å². The number of primary amides is 1. The molecule has 3 N–H and O–H groups in total. The topological polar surface area (TPSA) is 124 Å². The van der Waals surface area contributed by atoms with Gasteiger partial charge in [0.05, 0.1) is 4.92 Å². The number of nitrogens with two attached hydrogens (primary N) is 1. The highest BCUT2D eigenvalue weighted by Gasteiger charge is 2.27. The molecule has 1 aromatic rings. The van der Waals surface area contributed by atoms with Crippen LogP contribution in [0.2, 0.25) is 5.28 Å². The average Bonchev–Trinajstić information content (AvgIpc) is 2.39. The van der Waals surface area contributed by atoms with Crippen LogP contribution in [0.25, 0.3) is 0 Å². The molecule has 108 valence electrons. The van der Waals surface area contributed by atoms with Crippen molar-refractivity contribution in [3.63, 3.8) is 0 Å². The van der Waals surface area contributed by atoms with Crippen LogP contribution in [-0.4, -0.2) is 26.8 Å². The molecule has 1 fully saturated rings. The molecule has 1 aromatic heterocycles. The van der Waals surface area contributed by atoms with E-state index in [9.17, 15) is 14.9 Å². The van der Waals surface area contributed by atoms with Crippen LogP contribution in [-0.2, 0) is 4.79 Å². The van der Waals surface area contributed by atoms with Gasteiger partial charge in [-0.3, -0.25) is 14.9 Å². The minimum atomic E-state index is -0.562. The third-order valence-corrected chi connectivity index (χ3v) is 3.59. The number of nitro groups is 1. The highest BCUT2D eigenvalue weighted by molar-refractivity contribution is 6.28. The molecule has 0 bridgehead atoms. The second-order valence-corrected chi connectivity index (χ2v) is 5.06. The summed E-state index contributed by atoms with van der Waals surface area (Å²) < 4.78 is 0. The molecule has 1 heterocycles. The lowest BCUT2D eigenvalue weighted by atomic mass is 9.85. The summed E-state index contributed by atoms with van der Waals surface area (Å²) in [6, 6.07) is 0.00951. The first kappa shape index (κ1) is 14.4. The monoisotopic (exact) mass is 299 g/mol. The van der Waals surface area contributed by atoms with Gasteiger partial charge in [0.25, 0.3) is 0 Å². The van der Waals surface area contributed by atoms with Gasteiger partial charge in [-0.05, 0) is 37.3 Å². The number of hydrogen-bond acceptors (Lipinski definition) is 6. The summed E-state index contributed by atoms with van der Waals surface area (Å²) in [7, 11) is 0. The number of aromatic nitrogens is 2. The van der Waals surface area contributed by atoms with E-state index in [4.69, 9.17) is 17.3 Å². The predicted molar refractivity (Wildman–Crippen MR) is 72.3 cm³/mol. The van der Waals surface area contributed by atoms with Crippen molar-refractivity contribution in [2.75, 3.05) is 5.32 Å². The fraction of sp³-hybridized carbons (Fsp3) is 0.545. The van der Waals surface area contributed by atoms with Crippen LogP contribution in [0.4, 0.5) is 11.5 Å². The normalized spacial score (nSPS) is 22.2.